The fraction of sp³-hybridized carbons (Fsp3) is 0.444. The highest BCUT2D eigenvalue weighted by atomic mass is 32.2. The van der Waals surface area contributed by atoms with Gasteiger partial charge in [-0.1, -0.05) is 23.1 Å². The molecule has 0 radical (unpaired) electrons. The Morgan fingerprint density at radius 1 is 1.42 bits per heavy atom. The number of hydrogen-bond acceptors (Lipinski definition) is 6. The summed E-state index contributed by atoms with van der Waals surface area (Å²) < 4.78 is 40.3. The van der Waals surface area contributed by atoms with Crippen LogP contribution in [0.2, 0.25) is 0 Å². The van der Waals surface area contributed by atoms with Gasteiger partial charge in [-0.05, 0) is 6.92 Å². The van der Waals surface area contributed by atoms with Crippen LogP contribution in [-0.2, 0) is 18.5 Å². The molecule has 2 N–H and O–H groups in total. The Bertz CT molecular complexity index is 562. The van der Waals surface area contributed by atoms with E-state index in [1.165, 1.54) is 4.68 Å². The number of halogens is 3. The zero-order valence-electron chi connectivity index (χ0n) is 9.81. The number of nitrogen functional groups attached to an aromatic ring is 1. The molecule has 0 spiro atoms. The van der Waals surface area contributed by atoms with Crippen molar-refractivity contribution in [3.8, 4) is 0 Å². The maximum atomic E-state index is 12.8. The fourth-order valence-corrected chi connectivity index (χ4v) is 3.16. The summed E-state index contributed by atoms with van der Waals surface area (Å²) in [5, 5.41) is 11.4. The van der Waals surface area contributed by atoms with E-state index in [1.807, 2.05) is 0 Å². The quantitative estimate of drug-likeness (QED) is 0.879. The van der Waals surface area contributed by atoms with Crippen LogP contribution in [0.3, 0.4) is 0 Å². The van der Waals surface area contributed by atoms with E-state index >= 15 is 0 Å². The molecule has 0 bridgehead atoms. The Kier molecular flexibility index (Phi) is 3.99. The second-order valence-electron chi connectivity index (χ2n) is 3.51. The number of nitrogens with zero attached hydrogens (tertiary/aromatic N) is 4. The molecule has 0 atom stereocenters. The van der Waals surface area contributed by atoms with Gasteiger partial charge in [0.1, 0.15) is 0 Å². The molecule has 2 aromatic rings. The van der Waals surface area contributed by atoms with Crippen molar-refractivity contribution in [2.24, 2.45) is 0 Å². The number of rotatable bonds is 4. The lowest BCUT2D eigenvalue weighted by atomic mass is 10.2. The normalized spacial score (nSPS) is 12.0. The Morgan fingerprint density at radius 2 is 2.16 bits per heavy atom. The summed E-state index contributed by atoms with van der Waals surface area (Å²) in [6, 6.07) is 0. The van der Waals surface area contributed by atoms with Crippen molar-refractivity contribution in [2.45, 2.75) is 29.7 Å². The maximum absolute atomic E-state index is 12.8. The third kappa shape index (κ3) is 3.18. The van der Waals surface area contributed by atoms with Crippen LogP contribution in [0.1, 0.15) is 18.2 Å². The Balaban J connectivity index is 2.20. The first kappa shape index (κ1) is 14.1. The van der Waals surface area contributed by atoms with E-state index < -0.39 is 11.7 Å². The van der Waals surface area contributed by atoms with Gasteiger partial charge in [-0.3, -0.25) is 4.68 Å². The molecule has 0 aliphatic rings. The first-order valence-electron chi connectivity index (χ1n) is 5.25. The van der Waals surface area contributed by atoms with Gasteiger partial charge in [0, 0.05) is 12.3 Å². The van der Waals surface area contributed by atoms with Gasteiger partial charge in [0.05, 0.1) is 17.5 Å². The molecular weight excluding hydrogens is 299 g/mol. The second kappa shape index (κ2) is 5.37. The van der Waals surface area contributed by atoms with Crippen molar-refractivity contribution in [2.75, 3.05) is 5.73 Å². The fourth-order valence-electron chi connectivity index (χ4n) is 1.48. The number of hydrogen-bond donors (Lipinski definition) is 1. The molecule has 0 aliphatic carbocycles. The molecule has 10 heteroatoms. The van der Waals surface area contributed by atoms with Crippen LogP contribution < -0.4 is 5.73 Å². The minimum absolute atomic E-state index is 0.122. The van der Waals surface area contributed by atoms with E-state index in [0.29, 0.717) is 16.0 Å². The van der Waals surface area contributed by atoms with Gasteiger partial charge in [-0.15, -0.1) is 10.2 Å². The van der Waals surface area contributed by atoms with Gasteiger partial charge in [-0.2, -0.15) is 18.3 Å². The number of thioether (sulfide) groups is 1. The van der Waals surface area contributed by atoms with Crippen molar-refractivity contribution in [1.29, 1.82) is 0 Å². The number of aromatic nitrogens is 4. The molecule has 0 saturated carbocycles. The van der Waals surface area contributed by atoms with Crippen LogP contribution >= 0.6 is 23.1 Å². The average molecular weight is 309 g/mol. The molecule has 0 fully saturated rings. The highest BCUT2D eigenvalue weighted by Gasteiger charge is 2.36. The van der Waals surface area contributed by atoms with Gasteiger partial charge >= 0.3 is 6.18 Å². The average Bonchev–Trinajstić information content (AvgIpc) is 2.91. The summed E-state index contributed by atoms with van der Waals surface area (Å²) in [5.41, 5.74) is 4.84. The van der Waals surface area contributed by atoms with Crippen LogP contribution in [-0.4, -0.2) is 20.0 Å². The summed E-state index contributed by atoms with van der Waals surface area (Å²) >= 11 is 2.31. The molecule has 2 heterocycles. The van der Waals surface area contributed by atoms with Crippen molar-refractivity contribution in [1.82, 2.24) is 20.0 Å². The Hall–Kier alpha value is -1.29. The monoisotopic (exact) mass is 309 g/mol. The van der Waals surface area contributed by atoms with Gasteiger partial charge in [0.15, 0.2) is 4.34 Å². The van der Waals surface area contributed by atoms with E-state index in [2.05, 4.69) is 15.3 Å². The highest BCUT2D eigenvalue weighted by molar-refractivity contribution is 8.00. The van der Waals surface area contributed by atoms with E-state index in [9.17, 15) is 13.2 Å². The molecule has 0 aliphatic heterocycles. The van der Waals surface area contributed by atoms with Crippen molar-refractivity contribution in [3.63, 3.8) is 0 Å². The van der Waals surface area contributed by atoms with Crippen molar-refractivity contribution >= 4 is 28.2 Å². The standard InChI is InChI=1S/C9H10F3N5S2/c1-2-17-6(5(3-14-17)9(10,11)12)4-18-8-16-15-7(13)19-8/h3H,2,4H2,1H3,(H2,13,15). The summed E-state index contributed by atoms with van der Waals surface area (Å²) in [7, 11) is 0. The third-order valence-electron chi connectivity index (χ3n) is 2.31. The van der Waals surface area contributed by atoms with Crippen LogP contribution in [0.15, 0.2) is 10.5 Å². The lowest BCUT2D eigenvalue weighted by molar-refractivity contribution is -0.138. The largest absolute Gasteiger partial charge is 0.419 e. The summed E-state index contributed by atoms with van der Waals surface area (Å²) in [6.07, 6.45) is -3.54. The molecule has 0 amide bonds. The predicted octanol–water partition coefficient (Wildman–Crippen LogP) is 2.65. The highest BCUT2D eigenvalue weighted by Crippen LogP contribution is 2.35. The first-order valence-corrected chi connectivity index (χ1v) is 7.05. The molecule has 2 rings (SSSR count). The zero-order chi connectivity index (χ0) is 14.0. The Labute approximate surface area is 115 Å². The number of anilines is 1. The summed E-state index contributed by atoms with van der Waals surface area (Å²) in [4.78, 5) is 0. The summed E-state index contributed by atoms with van der Waals surface area (Å²) in [6.45, 7) is 2.12. The predicted molar refractivity (Wildman–Crippen MR) is 66.8 cm³/mol. The zero-order valence-corrected chi connectivity index (χ0v) is 11.4. The summed E-state index contributed by atoms with van der Waals surface area (Å²) in [5.74, 6) is 0.122. The smallest absolute Gasteiger partial charge is 0.374 e. The van der Waals surface area contributed by atoms with Crippen LogP contribution in [0, 0.1) is 0 Å². The Morgan fingerprint density at radius 3 is 2.68 bits per heavy atom. The van der Waals surface area contributed by atoms with Crippen LogP contribution in [0.4, 0.5) is 18.3 Å². The van der Waals surface area contributed by atoms with Gasteiger partial charge < -0.3 is 5.73 Å². The van der Waals surface area contributed by atoms with Crippen LogP contribution in [0.25, 0.3) is 0 Å². The molecule has 0 saturated heterocycles. The van der Waals surface area contributed by atoms with Gasteiger partial charge in [0.2, 0.25) is 5.13 Å². The molecule has 0 aromatic carbocycles. The van der Waals surface area contributed by atoms with E-state index in [1.54, 1.807) is 6.92 Å². The number of nitrogens with two attached hydrogens (primary N) is 1. The number of aryl methyl sites for hydroxylation is 1. The molecule has 2 aromatic heterocycles. The van der Waals surface area contributed by atoms with Crippen molar-refractivity contribution in [3.05, 3.63) is 17.5 Å². The molecular formula is C9H10F3N5S2. The lowest BCUT2D eigenvalue weighted by Crippen LogP contribution is -2.10. The molecule has 104 valence electrons. The topological polar surface area (TPSA) is 69.6 Å². The van der Waals surface area contributed by atoms with Gasteiger partial charge in [-0.25, -0.2) is 0 Å². The number of alkyl halides is 3. The van der Waals surface area contributed by atoms with E-state index in [4.69, 9.17) is 5.73 Å². The minimum atomic E-state index is -4.40. The second-order valence-corrected chi connectivity index (χ2v) is 5.74. The minimum Gasteiger partial charge on any atom is -0.374 e. The van der Waals surface area contributed by atoms with E-state index in [0.717, 1.165) is 29.3 Å². The molecule has 0 unspecified atom stereocenters. The third-order valence-corrected chi connectivity index (χ3v) is 4.21. The van der Waals surface area contributed by atoms with Crippen LogP contribution in [0.5, 0.6) is 0 Å². The SMILES string of the molecule is CCn1ncc(C(F)(F)F)c1CSc1nnc(N)s1. The van der Waals surface area contributed by atoms with Gasteiger partial charge in [0.25, 0.3) is 0 Å². The van der Waals surface area contributed by atoms with E-state index in [-0.39, 0.29) is 11.4 Å². The molecule has 5 nitrogen and oxygen atoms in total. The lowest BCUT2D eigenvalue weighted by Gasteiger charge is -2.09. The first-order chi connectivity index (χ1) is 8.91. The van der Waals surface area contributed by atoms with Crippen molar-refractivity contribution < 1.29 is 13.2 Å². The molecule has 19 heavy (non-hydrogen) atoms. The maximum Gasteiger partial charge on any atom is 0.419 e.